The van der Waals surface area contributed by atoms with Crippen molar-refractivity contribution in [2.45, 2.75) is 0 Å². The average Bonchev–Trinajstić information content (AvgIpc) is 2.34. The van der Waals surface area contributed by atoms with Crippen molar-refractivity contribution >= 4 is 44.7 Å². The van der Waals surface area contributed by atoms with Crippen LogP contribution in [0.5, 0.6) is 5.75 Å². The molecule has 0 radical (unpaired) electrons. The van der Waals surface area contributed by atoms with Gasteiger partial charge in [-0.1, -0.05) is 15.9 Å². The molecular formula is C11H10BrClN4O. The van der Waals surface area contributed by atoms with E-state index in [1.54, 1.807) is 7.11 Å². The summed E-state index contributed by atoms with van der Waals surface area (Å²) in [5.41, 5.74) is 6.90. The van der Waals surface area contributed by atoms with Gasteiger partial charge in [0.15, 0.2) is 5.82 Å². The number of aromatic nitrogens is 2. The quantitative estimate of drug-likeness (QED) is 0.846. The van der Waals surface area contributed by atoms with Crippen molar-refractivity contribution in [3.05, 3.63) is 34.2 Å². The van der Waals surface area contributed by atoms with Gasteiger partial charge < -0.3 is 15.8 Å². The van der Waals surface area contributed by atoms with Gasteiger partial charge in [0, 0.05) is 4.47 Å². The summed E-state index contributed by atoms with van der Waals surface area (Å²) >= 11 is 9.12. The van der Waals surface area contributed by atoms with Gasteiger partial charge in [-0.15, -0.1) is 0 Å². The maximum atomic E-state index is 5.77. The second-order valence-corrected chi connectivity index (χ2v) is 4.67. The Morgan fingerprint density at radius 3 is 2.94 bits per heavy atom. The smallest absolute Gasteiger partial charge is 0.224 e. The van der Waals surface area contributed by atoms with Gasteiger partial charge in [0.25, 0.3) is 0 Å². The van der Waals surface area contributed by atoms with Gasteiger partial charge in [-0.2, -0.15) is 4.98 Å². The minimum Gasteiger partial charge on any atom is -0.495 e. The van der Waals surface area contributed by atoms with Crippen molar-refractivity contribution in [1.82, 2.24) is 9.97 Å². The van der Waals surface area contributed by atoms with E-state index in [0.29, 0.717) is 17.3 Å². The molecule has 1 heterocycles. The number of ether oxygens (including phenoxy) is 1. The molecule has 1 aromatic heterocycles. The molecule has 0 unspecified atom stereocenters. The van der Waals surface area contributed by atoms with Crippen molar-refractivity contribution in [3.8, 4) is 5.75 Å². The first-order chi connectivity index (χ1) is 8.60. The summed E-state index contributed by atoms with van der Waals surface area (Å²) < 4.78 is 6.15. The molecule has 0 bridgehead atoms. The zero-order chi connectivity index (χ0) is 13.1. The standard InChI is InChI=1S/C11H10BrClN4O/c1-18-9-3-2-6(12)4-8(9)16-10-7(14)5-15-11(13)17-10/h2-5H,14H2,1H3,(H,15,16,17). The van der Waals surface area contributed by atoms with E-state index in [-0.39, 0.29) is 5.28 Å². The van der Waals surface area contributed by atoms with Crippen LogP contribution < -0.4 is 15.8 Å². The maximum absolute atomic E-state index is 5.77. The lowest BCUT2D eigenvalue weighted by Gasteiger charge is -2.12. The minimum atomic E-state index is 0.126. The molecule has 18 heavy (non-hydrogen) atoms. The molecule has 94 valence electrons. The highest BCUT2D eigenvalue weighted by Crippen LogP contribution is 2.31. The van der Waals surface area contributed by atoms with Crippen LogP contribution in [0, 0.1) is 0 Å². The van der Waals surface area contributed by atoms with Crippen LogP contribution in [0.15, 0.2) is 28.9 Å². The molecule has 0 spiro atoms. The number of methoxy groups -OCH3 is 1. The Labute approximate surface area is 117 Å². The number of nitrogens with one attached hydrogen (secondary N) is 1. The third-order valence-corrected chi connectivity index (χ3v) is 2.88. The van der Waals surface area contributed by atoms with E-state index in [0.717, 1.165) is 10.2 Å². The van der Waals surface area contributed by atoms with Crippen LogP contribution in [0.3, 0.4) is 0 Å². The molecule has 0 atom stereocenters. The number of halogens is 2. The lowest BCUT2D eigenvalue weighted by atomic mass is 10.3. The van der Waals surface area contributed by atoms with Crippen molar-refractivity contribution in [2.75, 3.05) is 18.2 Å². The monoisotopic (exact) mass is 328 g/mol. The summed E-state index contributed by atoms with van der Waals surface area (Å²) in [6.07, 6.45) is 1.45. The second-order valence-electron chi connectivity index (χ2n) is 3.41. The fourth-order valence-corrected chi connectivity index (χ4v) is 1.87. The van der Waals surface area contributed by atoms with E-state index in [1.807, 2.05) is 18.2 Å². The lowest BCUT2D eigenvalue weighted by molar-refractivity contribution is 0.416. The molecule has 0 aliphatic rings. The molecule has 0 saturated heterocycles. The predicted molar refractivity (Wildman–Crippen MR) is 75.4 cm³/mol. The Morgan fingerprint density at radius 2 is 2.22 bits per heavy atom. The summed E-state index contributed by atoms with van der Waals surface area (Å²) in [7, 11) is 1.59. The van der Waals surface area contributed by atoms with Gasteiger partial charge in [0.2, 0.25) is 5.28 Å². The van der Waals surface area contributed by atoms with Crippen LogP contribution in [-0.4, -0.2) is 17.1 Å². The van der Waals surface area contributed by atoms with Crippen molar-refractivity contribution < 1.29 is 4.74 Å². The number of anilines is 3. The van der Waals surface area contributed by atoms with Crippen molar-refractivity contribution in [3.63, 3.8) is 0 Å². The summed E-state index contributed by atoms with van der Waals surface area (Å²) in [5.74, 6) is 1.11. The normalized spacial score (nSPS) is 10.2. The van der Waals surface area contributed by atoms with E-state index in [9.17, 15) is 0 Å². The van der Waals surface area contributed by atoms with Crippen LogP contribution in [0.2, 0.25) is 5.28 Å². The molecule has 2 aromatic rings. The number of hydrogen-bond acceptors (Lipinski definition) is 5. The number of benzene rings is 1. The summed E-state index contributed by atoms with van der Waals surface area (Å²) in [6, 6.07) is 5.56. The maximum Gasteiger partial charge on any atom is 0.224 e. The molecule has 7 heteroatoms. The molecule has 2 rings (SSSR count). The van der Waals surface area contributed by atoms with E-state index in [2.05, 4.69) is 31.2 Å². The number of nitrogen functional groups attached to an aromatic ring is 1. The van der Waals surface area contributed by atoms with Crippen molar-refractivity contribution in [1.29, 1.82) is 0 Å². The molecule has 0 amide bonds. The number of rotatable bonds is 3. The molecule has 0 fully saturated rings. The van der Waals surface area contributed by atoms with Gasteiger partial charge in [0.1, 0.15) is 5.75 Å². The highest BCUT2D eigenvalue weighted by molar-refractivity contribution is 9.10. The van der Waals surface area contributed by atoms with Gasteiger partial charge in [-0.25, -0.2) is 4.98 Å². The summed E-state index contributed by atoms with van der Waals surface area (Å²) in [4.78, 5) is 7.81. The lowest BCUT2D eigenvalue weighted by Crippen LogP contribution is -2.02. The minimum absolute atomic E-state index is 0.126. The number of nitrogens with two attached hydrogens (primary N) is 1. The van der Waals surface area contributed by atoms with Crippen molar-refractivity contribution in [2.24, 2.45) is 0 Å². The van der Waals surface area contributed by atoms with Crippen LogP contribution in [-0.2, 0) is 0 Å². The van der Waals surface area contributed by atoms with Crippen LogP contribution in [0.25, 0.3) is 0 Å². The topological polar surface area (TPSA) is 73.1 Å². The first kappa shape index (κ1) is 12.9. The highest BCUT2D eigenvalue weighted by atomic mass is 79.9. The number of hydrogen-bond donors (Lipinski definition) is 2. The molecule has 1 aromatic carbocycles. The van der Waals surface area contributed by atoms with E-state index < -0.39 is 0 Å². The van der Waals surface area contributed by atoms with Gasteiger partial charge in [-0.05, 0) is 29.8 Å². The Bertz CT molecular complexity index is 579. The predicted octanol–water partition coefficient (Wildman–Crippen LogP) is 3.23. The fraction of sp³-hybridized carbons (Fsp3) is 0.0909. The van der Waals surface area contributed by atoms with Crippen LogP contribution in [0.4, 0.5) is 17.2 Å². The SMILES string of the molecule is COc1ccc(Br)cc1Nc1nc(Cl)ncc1N. The Kier molecular flexibility index (Phi) is 3.88. The summed E-state index contributed by atoms with van der Waals surface area (Å²) in [6.45, 7) is 0. The largest absolute Gasteiger partial charge is 0.495 e. The molecule has 0 saturated carbocycles. The molecule has 0 aliphatic carbocycles. The Balaban J connectivity index is 2.38. The molecule has 3 N–H and O–H groups in total. The zero-order valence-electron chi connectivity index (χ0n) is 9.45. The van der Waals surface area contributed by atoms with Gasteiger partial charge >= 0.3 is 0 Å². The van der Waals surface area contributed by atoms with Crippen LogP contribution >= 0.6 is 27.5 Å². The van der Waals surface area contributed by atoms with E-state index in [1.165, 1.54) is 6.20 Å². The fourth-order valence-electron chi connectivity index (χ4n) is 1.38. The molecule has 0 aliphatic heterocycles. The summed E-state index contributed by atoms with van der Waals surface area (Å²) in [5, 5.41) is 3.18. The zero-order valence-corrected chi connectivity index (χ0v) is 11.8. The average molecular weight is 330 g/mol. The first-order valence-electron chi connectivity index (χ1n) is 4.98. The van der Waals surface area contributed by atoms with E-state index in [4.69, 9.17) is 22.1 Å². The first-order valence-corrected chi connectivity index (χ1v) is 6.16. The van der Waals surface area contributed by atoms with Crippen LogP contribution in [0.1, 0.15) is 0 Å². The third kappa shape index (κ3) is 2.83. The third-order valence-electron chi connectivity index (χ3n) is 2.20. The van der Waals surface area contributed by atoms with Gasteiger partial charge in [-0.3, -0.25) is 0 Å². The highest BCUT2D eigenvalue weighted by Gasteiger charge is 2.08. The molecular weight excluding hydrogens is 320 g/mol. The number of nitrogens with zero attached hydrogens (tertiary/aromatic N) is 2. The Hall–Kier alpha value is -1.53. The molecule has 5 nitrogen and oxygen atoms in total. The second kappa shape index (κ2) is 5.41. The van der Waals surface area contributed by atoms with Gasteiger partial charge in [0.05, 0.1) is 24.7 Å². The van der Waals surface area contributed by atoms with E-state index >= 15 is 0 Å². The Morgan fingerprint density at radius 1 is 1.44 bits per heavy atom.